The van der Waals surface area contributed by atoms with Crippen molar-refractivity contribution in [2.75, 3.05) is 6.61 Å². The van der Waals surface area contributed by atoms with Crippen LogP contribution in [0.2, 0.25) is 5.15 Å². The average Bonchev–Trinajstić information content (AvgIpc) is 2.47. The van der Waals surface area contributed by atoms with Crippen molar-refractivity contribution in [2.24, 2.45) is 5.90 Å². The second-order valence-electron chi connectivity index (χ2n) is 3.86. The highest BCUT2D eigenvalue weighted by Gasteiger charge is 2.27. The van der Waals surface area contributed by atoms with E-state index in [1.165, 1.54) is 0 Å². The Bertz CT molecular complexity index is 309. The molecule has 0 aromatic carbocycles. The summed E-state index contributed by atoms with van der Waals surface area (Å²) in [5.41, 5.74) is 0.741. The van der Waals surface area contributed by atoms with E-state index >= 15 is 0 Å². The molecule has 0 radical (unpaired) electrons. The molecule has 1 rings (SSSR count). The Morgan fingerprint density at radius 1 is 1.64 bits per heavy atom. The summed E-state index contributed by atoms with van der Waals surface area (Å²) in [5, 5.41) is 0.522. The van der Waals surface area contributed by atoms with Gasteiger partial charge in [-0.2, -0.15) is 0 Å². The summed E-state index contributed by atoms with van der Waals surface area (Å²) in [4.78, 5) is 8.75. The maximum absolute atomic E-state index is 6.02. The Labute approximate surface area is 89.0 Å². The van der Waals surface area contributed by atoms with Crippen LogP contribution >= 0.6 is 11.6 Å². The van der Waals surface area contributed by atoms with E-state index in [4.69, 9.17) is 17.5 Å². The van der Waals surface area contributed by atoms with E-state index in [1.54, 1.807) is 6.33 Å². The molecule has 0 atom stereocenters. The van der Waals surface area contributed by atoms with Gasteiger partial charge in [0, 0.05) is 12.0 Å². The number of imidazole rings is 1. The van der Waals surface area contributed by atoms with E-state index in [2.05, 4.69) is 9.82 Å². The molecule has 0 spiro atoms. The highest BCUT2D eigenvalue weighted by Crippen LogP contribution is 2.29. The van der Waals surface area contributed by atoms with E-state index in [9.17, 15) is 0 Å². The number of aromatic nitrogens is 2. The fourth-order valence-corrected chi connectivity index (χ4v) is 1.95. The lowest BCUT2D eigenvalue weighted by Crippen LogP contribution is -2.29. The number of nitrogens with two attached hydrogens (primary N) is 1. The minimum atomic E-state index is -0.224. The third-order valence-electron chi connectivity index (χ3n) is 2.22. The standard InChI is InChI=1S/C9H16ClN3O/c1-4-13-6-12-8(10)7(13)9(2,3)5-14-11/h6H,4-5,11H2,1-3H3. The van der Waals surface area contributed by atoms with E-state index < -0.39 is 0 Å². The molecule has 80 valence electrons. The van der Waals surface area contributed by atoms with Crippen molar-refractivity contribution >= 4 is 11.6 Å². The van der Waals surface area contributed by atoms with Gasteiger partial charge in [-0.25, -0.2) is 10.9 Å². The summed E-state index contributed by atoms with van der Waals surface area (Å²) in [6, 6.07) is 0. The molecule has 1 aromatic rings. The van der Waals surface area contributed by atoms with Crippen LogP contribution in [0.4, 0.5) is 0 Å². The summed E-state index contributed by atoms with van der Waals surface area (Å²) in [6.45, 7) is 7.34. The molecule has 5 heteroatoms. The summed E-state index contributed by atoms with van der Waals surface area (Å²) >= 11 is 6.02. The van der Waals surface area contributed by atoms with E-state index in [1.807, 2.05) is 25.3 Å². The van der Waals surface area contributed by atoms with Crippen LogP contribution in [-0.4, -0.2) is 16.2 Å². The number of aryl methyl sites for hydroxylation is 1. The number of hydrogen-bond donors (Lipinski definition) is 1. The van der Waals surface area contributed by atoms with Gasteiger partial charge in [0.1, 0.15) is 0 Å². The van der Waals surface area contributed by atoms with Gasteiger partial charge in [0.25, 0.3) is 0 Å². The van der Waals surface area contributed by atoms with Crippen LogP contribution in [0.25, 0.3) is 0 Å². The van der Waals surface area contributed by atoms with E-state index in [-0.39, 0.29) is 5.41 Å². The lowest BCUT2D eigenvalue weighted by molar-refractivity contribution is 0.0936. The van der Waals surface area contributed by atoms with Gasteiger partial charge in [-0.1, -0.05) is 25.4 Å². The number of hydrogen-bond acceptors (Lipinski definition) is 3. The Kier molecular flexibility index (Phi) is 3.53. The van der Waals surface area contributed by atoms with Crippen LogP contribution < -0.4 is 5.90 Å². The predicted octanol–water partition coefficient (Wildman–Crippen LogP) is 1.72. The van der Waals surface area contributed by atoms with Crippen LogP contribution in [0, 0.1) is 0 Å². The molecule has 0 bridgehead atoms. The van der Waals surface area contributed by atoms with Crippen molar-refractivity contribution in [1.82, 2.24) is 9.55 Å². The molecular weight excluding hydrogens is 202 g/mol. The molecule has 0 unspecified atom stereocenters. The van der Waals surface area contributed by atoms with Crippen molar-refractivity contribution < 1.29 is 4.84 Å². The second kappa shape index (κ2) is 4.29. The molecule has 0 saturated heterocycles. The van der Waals surface area contributed by atoms with E-state index in [0.717, 1.165) is 12.2 Å². The van der Waals surface area contributed by atoms with Crippen LogP contribution in [0.3, 0.4) is 0 Å². The minimum Gasteiger partial charge on any atom is -0.333 e. The maximum atomic E-state index is 6.02. The molecule has 0 saturated carbocycles. The zero-order valence-electron chi connectivity index (χ0n) is 8.75. The van der Waals surface area contributed by atoms with Crippen LogP contribution in [0.5, 0.6) is 0 Å². The Morgan fingerprint density at radius 2 is 2.29 bits per heavy atom. The topological polar surface area (TPSA) is 53.1 Å². The molecule has 1 heterocycles. The molecule has 14 heavy (non-hydrogen) atoms. The van der Waals surface area contributed by atoms with Gasteiger partial charge in [-0.05, 0) is 6.92 Å². The largest absolute Gasteiger partial charge is 0.333 e. The Morgan fingerprint density at radius 3 is 2.79 bits per heavy atom. The minimum absolute atomic E-state index is 0.224. The fourth-order valence-electron chi connectivity index (χ4n) is 1.54. The molecule has 4 nitrogen and oxygen atoms in total. The van der Waals surface area contributed by atoms with Crippen molar-refractivity contribution in [3.63, 3.8) is 0 Å². The first-order chi connectivity index (χ1) is 6.53. The normalized spacial score (nSPS) is 12.1. The first kappa shape index (κ1) is 11.5. The molecule has 0 aliphatic carbocycles. The molecule has 0 fully saturated rings. The smallest absolute Gasteiger partial charge is 0.150 e. The van der Waals surface area contributed by atoms with Gasteiger partial charge >= 0.3 is 0 Å². The predicted molar refractivity (Wildman–Crippen MR) is 56.1 cm³/mol. The van der Waals surface area contributed by atoms with Gasteiger partial charge < -0.3 is 9.40 Å². The van der Waals surface area contributed by atoms with Gasteiger partial charge in [0.2, 0.25) is 0 Å². The lowest BCUT2D eigenvalue weighted by atomic mass is 9.91. The van der Waals surface area contributed by atoms with E-state index in [0.29, 0.717) is 11.8 Å². The van der Waals surface area contributed by atoms with Gasteiger partial charge in [-0.3, -0.25) is 0 Å². The third kappa shape index (κ3) is 2.08. The Balaban J connectivity index is 3.08. The molecule has 2 N–H and O–H groups in total. The monoisotopic (exact) mass is 217 g/mol. The van der Waals surface area contributed by atoms with Crippen LogP contribution in [-0.2, 0) is 16.8 Å². The summed E-state index contributed by atoms with van der Waals surface area (Å²) in [6.07, 6.45) is 1.73. The highest BCUT2D eigenvalue weighted by atomic mass is 35.5. The SMILES string of the molecule is CCn1cnc(Cl)c1C(C)(C)CON. The quantitative estimate of drug-likeness (QED) is 0.782. The molecule has 0 aliphatic rings. The lowest BCUT2D eigenvalue weighted by Gasteiger charge is -2.24. The molecule has 0 amide bonds. The third-order valence-corrected chi connectivity index (χ3v) is 2.50. The van der Waals surface area contributed by atoms with Crippen LogP contribution in [0.1, 0.15) is 26.5 Å². The first-order valence-corrected chi connectivity index (χ1v) is 4.93. The highest BCUT2D eigenvalue weighted by molar-refractivity contribution is 6.30. The number of halogens is 1. The maximum Gasteiger partial charge on any atom is 0.150 e. The van der Waals surface area contributed by atoms with Gasteiger partial charge in [-0.15, -0.1) is 0 Å². The first-order valence-electron chi connectivity index (χ1n) is 4.55. The summed E-state index contributed by atoms with van der Waals surface area (Å²) in [7, 11) is 0. The van der Waals surface area contributed by atoms with Crippen molar-refractivity contribution in [3.8, 4) is 0 Å². The Hall–Kier alpha value is -0.580. The van der Waals surface area contributed by atoms with Crippen LogP contribution in [0.15, 0.2) is 6.33 Å². The average molecular weight is 218 g/mol. The molecular formula is C9H16ClN3O. The molecule has 1 aromatic heterocycles. The summed E-state index contributed by atoms with van der Waals surface area (Å²) < 4.78 is 2.00. The summed E-state index contributed by atoms with van der Waals surface area (Å²) in [5.74, 6) is 5.09. The fraction of sp³-hybridized carbons (Fsp3) is 0.667. The zero-order chi connectivity index (χ0) is 10.8. The number of rotatable bonds is 4. The van der Waals surface area contributed by atoms with Gasteiger partial charge in [0.15, 0.2) is 5.15 Å². The number of nitrogens with zero attached hydrogens (tertiary/aromatic N) is 2. The van der Waals surface area contributed by atoms with Crippen molar-refractivity contribution in [3.05, 3.63) is 17.2 Å². The van der Waals surface area contributed by atoms with Crippen molar-refractivity contribution in [2.45, 2.75) is 32.7 Å². The zero-order valence-corrected chi connectivity index (χ0v) is 9.51. The molecule has 0 aliphatic heterocycles. The second-order valence-corrected chi connectivity index (χ2v) is 4.22. The van der Waals surface area contributed by atoms with Crippen molar-refractivity contribution in [1.29, 1.82) is 0 Å². The van der Waals surface area contributed by atoms with Gasteiger partial charge in [0.05, 0.1) is 18.6 Å².